The van der Waals surface area contributed by atoms with Crippen molar-refractivity contribution >= 4 is 26.7 Å². The minimum atomic E-state index is -3.70. The quantitative estimate of drug-likeness (QED) is 0.412. The summed E-state index contributed by atoms with van der Waals surface area (Å²) in [5, 5.41) is 5.07. The van der Waals surface area contributed by atoms with Crippen molar-refractivity contribution in [2.45, 2.75) is 23.8 Å². The molecular weight excluding hydrogens is 456 g/mol. The van der Waals surface area contributed by atoms with E-state index in [0.717, 1.165) is 21.9 Å². The maximum Gasteiger partial charge on any atom is 0.243 e. The Bertz CT molecular complexity index is 1380. The zero-order chi connectivity index (χ0) is 24.3. The lowest BCUT2D eigenvalue weighted by Crippen LogP contribution is -2.46. The number of nitrogens with zero attached hydrogens (tertiary/aromatic N) is 1. The monoisotopic (exact) mass is 484 g/mol. The Labute approximate surface area is 206 Å². The number of amides is 1. The highest BCUT2D eigenvalue weighted by Gasteiger charge is 2.34. The molecule has 1 atom stereocenters. The molecule has 0 unspecified atom stereocenters. The first-order valence-electron chi connectivity index (χ1n) is 11.9. The standard InChI is InChI=1S/C29H28N2O3S/c32-29(30-28(23-11-3-1-4-12-23)24-13-5-2-6-14-24)26-16-9-19-31(21-26)35(33,34)27-18-17-22-10-7-8-15-25(22)20-27/h1-8,10-15,17-18,20,26,28H,9,16,19,21H2,(H,30,32)/t26-/m1/s1. The van der Waals surface area contributed by atoms with Crippen molar-refractivity contribution in [3.8, 4) is 0 Å². The molecule has 1 aliphatic rings. The van der Waals surface area contributed by atoms with Gasteiger partial charge < -0.3 is 5.32 Å². The van der Waals surface area contributed by atoms with Gasteiger partial charge in [-0.05, 0) is 46.9 Å². The summed E-state index contributed by atoms with van der Waals surface area (Å²) >= 11 is 0. The average molecular weight is 485 g/mol. The summed E-state index contributed by atoms with van der Waals surface area (Å²) in [5.74, 6) is -0.532. The van der Waals surface area contributed by atoms with Crippen LogP contribution < -0.4 is 5.32 Å². The zero-order valence-corrected chi connectivity index (χ0v) is 20.2. The lowest BCUT2D eigenvalue weighted by atomic mass is 9.95. The van der Waals surface area contributed by atoms with E-state index in [1.807, 2.05) is 91.0 Å². The molecule has 1 heterocycles. The van der Waals surface area contributed by atoms with E-state index in [-0.39, 0.29) is 23.4 Å². The molecule has 178 valence electrons. The first kappa shape index (κ1) is 23.3. The first-order valence-corrected chi connectivity index (χ1v) is 13.4. The lowest BCUT2D eigenvalue weighted by molar-refractivity contribution is -0.126. The predicted octanol–water partition coefficient (Wildman–Crippen LogP) is 5.15. The van der Waals surface area contributed by atoms with Gasteiger partial charge in [-0.3, -0.25) is 4.79 Å². The molecule has 1 aliphatic heterocycles. The van der Waals surface area contributed by atoms with Gasteiger partial charge in [0.2, 0.25) is 15.9 Å². The largest absolute Gasteiger partial charge is 0.345 e. The van der Waals surface area contributed by atoms with Gasteiger partial charge in [-0.1, -0.05) is 91.0 Å². The second-order valence-corrected chi connectivity index (χ2v) is 10.9. The maximum atomic E-state index is 13.5. The van der Waals surface area contributed by atoms with E-state index >= 15 is 0 Å². The van der Waals surface area contributed by atoms with Crippen molar-refractivity contribution in [1.29, 1.82) is 0 Å². The van der Waals surface area contributed by atoms with Crippen molar-refractivity contribution in [3.63, 3.8) is 0 Å². The molecule has 5 nitrogen and oxygen atoms in total. The summed E-state index contributed by atoms with van der Waals surface area (Å²) in [4.78, 5) is 13.7. The third-order valence-electron chi connectivity index (χ3n) is 6.67. The topological polar surface area (TPSA) is 66.5 Å². The van der Waals surface area contributed by atoms with Gasteiger partial charge in [0.15, 0.2) is 0 Å². The van der Waals surface area contributed by atoms with Gasteiger partial charge in [0.05, 0.1) is 16.9 Å². The fraction of sp³-hybridized carbons (Fsp3) is 0.207. The number of benzene rings is 4. The van der Waals surface area contributed by atoms with Crippen molar-refractivity contribution in [2.24, 2.45) is 5.92 Å². The molecule has 0 spiro atoms. The number of sulfonamides is 1. The Morgan fingerprint density at radius 3 is 2.06 bits per heavy atom. The van der Waals surface area contributed by atoms with E-state index < -0.39 is 15.9 Å². The third-order valence-corrected chi connectivity index (χ3v) is 8.53. The SMILES string of the molecule is O=C(NC(c1ccccc1)c1ccccc1)[C@@H]1CCCN(S(=O)(=O)c2ccc3ccccc3c2)C1. The molecule has 0 radical (unpaired) electrons. The number of piperidine rings is 1. The van der Waals surface area contributed by atoms with Gasteiger partial charge in [-0.15, -0.1) is 0 Å². The fourth-order valence-electron chi connectivity index (χ4n) is 4.76. The van der Waals surface area contributed by atoms with Gasteiger partial charge in [0, 0.05) is 13.1 Å². The van der Waals surface area contributed by atoms with Crippen LogP contribution in [0.25, 0.3) is 10.8 Å². The number of hydrogen-bond acceptors (Lipinski definition) is 3. The second kappa shape index (κ2) is 10.0. The number of carbonyl (C=O) groups is 1. The molecule has 0 aliphatic carbocycles. The van der Waals surface area contributed by atoms with Crippen LogP contribution in [0.2, 0.25) is 0 Å². The minimum Gasteiger partial charge on any atom is -0.345 e. The van der Waals surface area contributed by atoms with Crippen LogP contribution >= 0.6 is 0 Å². The highest BCUT2D eigenvalue weighted by atomic mass is 32.2. The first-order chi connectivity index (χ1) is 17.0. The third kappa shape index (κ3) is 4.99. The zero-order valence-electron chi connectivity index (χ0n) is 19.4. The Morgan fingerprint density at radius 2 is 1.40 bits per heavy atom. The Morgan fingerprint density at radius 1 is 0.800 bits per heavy atom. The number of nitrogens with one attached hydrogen (secondary N) is 1. The number of carbonyl (C=O) groups excluding carboxylic acids is 1. The van der Waals surface area contributed by atoms with Crippen LogP contribution in [0.4, 0.5) is 0 Å². The van der Waals surface area contributed by atoms with Gasteiger partial charge in [0.1, 0.15) is 0 Å². The van der Waals surface area contributed by atoms with Crippen molar-refractivity contribution in [1.82, 2.24) is 9.62 Å². The molecule has 5 rings (SSSR count). The minimum absolute atomic E-state index is 0.124. The summed E-state index contributed by atoms with van der Waals surface area (Å²) in [7, 11) is -3.70. The molecule has 35 heavy (non-hydrogen) atoms. The maximum absolute atomic E-state index is 13.5. The molecule has 0 bridgehead atoms. The van der Waals surface area contributed by atoms with Gasteiger partial charge >= 0.3 is 0 Å². The number of fused-ring (bicyclic) bond motifs is 1. The molecule has 1 saturated heterocycles. The van der Waals surface area contributed by atoms with E-state index in [9.17, 15) is 13.2 Å². The molecule has 4 aromatic carbocycles. The predicted molar refractivity (Wildman–Crippen MR) is 138 cm³/mol. The highest BCUT2D eigenvalue weighted by molar-refractivity contribution is 7.89. The highest BCUT2D eigenvalue weighted by Crippen LogP contribution is 2.28. The summed E-state index contributed by atoms with van der Waals surface area (Å²) in [5.41, 5.74) is 1.98. The molecule has 1 N–H and O–H groups in total. The summed E-state index contributed by atoms with van der Waals surface area (Å²) in [6.45, 7) is 0.594. The van der Waals surface area contributed by atoms with E-state index in [1.165, 1.54) is 4.31 Å². The van der Waals surface area contributed by atoms with E-state index in [2.05, 4.69) is 5.32 Å². The average Bonchev–Trinajstić information content (AvgIpc) is 2.92. The normalized spacial score (nSPS) is 16.9. The number of rotatable bonds is 6. The van der Waals surface area contributed by atoms with Crippen LogP contribution in [0, 0.1) is 5.92 Å². The Balaban J connectivity index is 1.36. The molecule has 4 aromatic rings. The fourth-order valence-corrected chi connectivity index (χ4v) is 6.32. The molecule has 1 amide bonds. The van der Waals surface area contributed by atoms with Crippen molar-refractivity contribution in [2.75, 3.05) is 13.1 Å². The lowest BCUT2D eigenvalue weighted by Gasteiger charge is -2.32. The van der Waals surface area contributed by atoms with Crippen molar-refractivity contribution < 1.29 is 13.2 Å². The number of hydrogen-bond donors (Lipinski definition) is 1. The molecular formula is C29H28N2O3S. The van der Waals surface area contributed by atoms with Crippen LogP contribution in [0.1, 0.15) is 30.0 Å². The molecule has 0 aromatic heterocycles. The van der Waals surface area contributed by atoms with Gasteiger partial charge in [-0.25, -0.2) is 8.42 Å². The Kier molecular flexibility index (Phi) is 6.66. The smallest absolute Gasteiger partial charge is 0.243 e. The van der Waals surface area contributed by atoms with Gasteiger partial charge in [0.25, 0.3) is 0 Å². The summed E-state index contributed by atoms with van der Waals surface area (Å²) in [6.07, 6.45) is 1.30. The molecule has 1 fully saturated rings. The van der Waals surface area contributed by atoms with Crippen LogP contribution in [0.15, 0.2) is 108 Å². The van der Waals surface area contributed by atoms with Crippen LogP contribution in [-0.2, 0) is 14.8 Å². The van der Waals surface area contributed by atoms with E-state index in [0.29, 0.717) is 19.4 Å². The summed E-state index contributed by atoms with van der Waals surface area (Å²) < 4.78 is 28.4. The second-order valence-electron chi connectivity index (χ2n) is 8.97. The summed E-state index contributed by atoms with van der Waals surface area (Å²) in [6, 6.07) is 32.3. The van der Waals surface area contributed by atoms with E-state index in [4.69, 9.17) is 0 Å². The van der Waals surface area contributed by atoms with Crippen LogP contribution in [0.3, 0.4) is 0 Å². The van der Waals surface area contributed by atoms with Crippen molar-refractivity contribution in [3.05, 3.63) is 114 Å². The van der Waals surface area contributed by atoms with Crippen LogP contribution in [0.5, 0.6) is 0 Å². The van der Waals surface area contributed by atoms with Gasteiger partial charge in [-0.2, -0.15) is 4.31 Å². The molecule has 6 heteroatoms. The van der Waals surface area contributed by atoms with Crippen LogP contribution in [-0.4, -0.2) is 31.7 Å². The molecule has 0 saturated carbocycles. The Hall–Kier alpha value is -3.48. The van der Waals surface area contributed by atoms with E-state index in [1.54, 1.807) is 12.1 Å².